The van der Waals surface area contributed by atoms with E-state index in [4.69, 9.17) is 42.8 Å². The minimum atomic E-state index is 0.544. The highest BCUT2D eigenvalue weighted by molar-refractivity contribution is 7.07. The number of rotatable bonds is 6. The standard InChI is InChI=1S/C27H24Cl2N4O2S/c1-34-26-5-3-2-4-24(26)31-27-33(25(18-36-27)22-11-8-20(28)16-23(22)29)30-17-19-6-9-21(10-7-19)32-12-14-35-15-13-32/h2-11,16-18H,12-15H2,1H3/b30-17-,31-27?. The Morgan fingerprint density at radius 3 is 2.53 bits per heavy atom. The number of methoxy groups -OCH3 is 1. The number of morpholine rings is 1. The first-order valence-corrected chi connectivity index (χ1v) is 13.1. The van der Waals surface area contributed by atoms with E-state index in [1.165, 1.54) is 17.0 Å². The van der Waals surface area contributed by atoms with Gasteiger partial charge >= 0.3 is 0 Å². The average molecular weight is 539 g/mol. The van der Waals surface area contributed by atoms with Crippen molar-refractivity contribution >= 4 is 52.1 Å². The Hall–Kier alpha value is -3.10. The lowest BCUT2D eigenvalue weighted by atomic mass is 10.2. The van der Waals surface area contributed by atoms with Gasteiger partial charge < -0.3 is 14.4 Å². The van der Waals surface area contributed by atoms with Crippen LogP contribution in [0.3, 0.4) is 0 Å². The molecule has 9 heteroatoms. The molecule has 0 atom stereocenters. The molecule has 0 radical (unpaired) electrons. The summed E-state index contributed by atoms with van der Waals surface area (Å²) in [5, 5.41) is 7.92. The van der Waals surface area contributed by atoms with Gasteiger partial charge in [0, 0.05) is 34.7 Å². The van der Waals surface area contributed by atoms with Crippen LogP contribution in [-0.4, -0.2) is 44.3 Å². The molecule has 0 spiro atoms. The fraction of sp³-hybridized carbons (Fsp3) is 0.185. The zero-order valence-corrected chi connectivity index (χ0v) is 21.9. The first-order chi connectivity index (χ1) is 17.6. The van der Waals surface area contributed by atoms with Crippen LogP contribution < -0.4 is 14.4 Å². The van der Waals surface area contributed by atoms with Gasteiger partial charge in [-0.1, -0.05) is 47.5 Å². The van der Waals surface area contributed by atoms with Gasteiger partial charge in [0.25, 0.3) is 0 Å². The fourth-order valence-electron chi connectivity index (χ4n) is 3.91. The smallest absolute Gasteiger partial charge is 0.211 e. The lowest BCUT2D eigenvalue weighted by Crippen LogP contribution is -2.36. The maximum absolute atomic E-state index is 6.55. The van der Waals surface area contributed by atoms with E-state index in [0.717, 1.165) is 48.8 Å². The lowest BCUT2D eigenvalue weighted by molar-refractivity contribution is 0.122. The summed E-state index contributed by atoms with van der Waals surface area (Å²) in [5.41, 5.74) is 4.51. The van der Waals surface area contributed by atoms with Crippen LogP contribution in [0, 0.1) is 0 Å². The number of aromatic nitrogens is 1. The normalized spacial score (nSPS) is 14.5. The second-order valence-corrected chi connectivity index (χ2v) is 9.74. The lowest BCUT2D eigenvalue weighted by Gasteiger charge is -2.28. The third-order valence-corrected chi connectivity index (χ3v) is 7.15. The van der Waals surface area contributed by atoms with Gasteiger partial charge in [-0.25, -0.2) is 9.67 Å². The van der Waals surface area contributed by atoms with Gasteiger partial charge in [-0.3, -0.25) is 0 Å². The van der Waals surface area contributed by atoms with E-state index >= 15 is 0 Å². The molecule has 5 rings (SSSR count). The molecule has 1 aliphatic rings. The Bertz CT molecular complexity index is 1440. The van der Waals surface area contributed by atoms with Crippen molar-refractivity contribution in [2.75, 3.05) is 38.3 Å². The Morgan fingerprint density at radius 2 is 1.78 bits per heavy atom. The number of para-hydroxylation sites is 2. The van der Waals surface area contributed by atoms with E-state index in [2.05, 4.69) is 29.2 Å². The topological polar surface area (TPSA) is 51.3 Å². The van der Waals surface area contributed by atoms with E-state index in [0.29, 0.717) is 20.6 Å². The predicted octanol–water partition coefficient (Wildman–Crippen LogP) is 6.48. The summed E-state index contributed by atoms with van der Waals surface area (Å²) >= 11 is 14.2. The van der Waals surface area contributed by atoms with Gasteiger partial charge in [0.1, 0.15) is 11.4 Å². The summed E-state index contributed by atoms with van der Waals surface area (Å²) in [7, 11) is 1.63. The van der Waals surface area contributed by atoms with Crippen molar-refractivity contribution in [1.82, 2.24) is 4.68 Å². The van der Waals surface area contributed by atoms with Crippen molar-refractivity contribution in [3.05, 3.63) is 92.5 Å². The quantitative estimate of drug-likeness (QED) is 0.264. The highest BCUT2D eigenvalue weighted by atomic mass is 35.5. The second-order valence-electron chi connectivity index (χ2n) is 8.06. The highest BCUT2D eigenvalue weighted by Crippen LogP contribution is 2.31. The Balaban J connectivity index is 1.54. The maximum Gasteiger partial charge on any atom is 0.211 e. The molecule has 36 heavy (non-hydrogen) atoms. The summed E-state index contributed by atoms with van der Waals surface area (Å²) < 4.78 is 12.7. The van der Waals surface area contributed by atoms with Crippen molar-refractivity contribution in [2.45, 2.75) is 0 Å². The molecule has 0 bridgehead atoms. The number of nitrogens with zero attached hydrogens (tertiary/aromatic N) is 4. The largest absolute Gasteiger partial charge is 0.494 e. The molecule has 0 aliphatic carbocycles. The number of anilines is 1. The number of thiazole rings is 1. The van der Waals surface area contributed by atoms with Crippen LogP contribution in [-0.2, 0) is 4.74 Å². The third kappa shape index (κ3) is 5.50. The van der Waals surface area contributed by atoms with E-state index in [1.807, 2.05) is 48.0 Å². The molecule has 1 saturated heterocycles. The molecule has 184 valence electrons. The summed E-state index contributed by atoms with van der Waals surface area (Å²) in [4.78, 5) is 7.85. The van der Waals surface area contributed by atoms with Gasteiger partial charge in [0.05, 0.1) is 37.3 Å². The van der Waals surface area contributed by atoms with Crippen molar-refractivity contribution in [3.63, 3.8) is 0 Å². The van der Waals surface area contributed by atoms with Crippen LogP contribution in [0.2, 0.25) is 10.0 Å². The minimum absolute atomic E-state index is 0.544. The fourth-order valence-corrected chi connectivity index (χ4v) is 5.26. The molecular formula is C27H24Cl2N4O2S. The number of ether oxygens (including phenoxy) is 2. The third-order valence-electron chi connectivity index (χ3n) is 5.79. The van der Waals surface area contributed by atoms with Gasteiger partial charge in [-0.15, -0.1) is 11.3 Å². The molecule has 2 heterocycles. The highest BCUT2D eigenvalue weighted by Gasteiger charge is 2.13. The molecule has 0 N–H and O–H groups in total. The summed E-state index contributed by atoms with van der Waals surface area (Å²) in [5.74, 6) is 0.686. The summed E-state index contributed by atoms with van der Waals surface area (Å²) in [6.45, 7) is 3.31. The number of benzene rings is 3. The minimum Gasteiger partial charge on any atom is -0.494 e. The Kier molecular flexibility index (Phi) is 7.72. The zero-order chi connectivity index (χ0) is 24.9. The molecule has 1 fully saturated rings. The molecular weight excluding hydrogens is 515 g/mol. The number of hydrogen-bond donors (Lipinski definition) is 0. The molecule has 3 aromatic carbocycles. The molecule has 4 aromatic rings. The molecule has 6 nitrogen and oxygen atoms in total. The maximum atomic E-state index is 6.55. The molecule has 0 amide bonds. The summed E-state index contributed by atoms with van der Waals surface area (Å²) in [6.07, 6.45) is 1.82. The number of halogens is 2. The van der Waals surface area contributed by atoms with Gasteiger partial charge in [0.2, 0.25) is 4.80 Å². The van der Waals surface area contributed by atoms with Crippen LogP contribution in [0.25, 0.3) is 11.3 Å². The van der Waals surface area contributed by atoms with E-state index in [9.17, 15) is 0 Å². The Morgan fingerprint density at radius 1 is 1.00 bits per heavy atom. The Labute approximate surface area is 223 Å². The zero-order valence-electron chi connectivity index (χ0n) is 19.6. The van der Waals surface area contributed by atoms with Gasteiger partial charge in [-0.2, -0.15) is 5.10 Å². The van der Waals surface area contributed by atoms with Crippen molar-refractivity contribution in [2.24, 2.45) is 10.1 Å². The van der Waals surface area contributed by atoms with E-state index in [1.54, 1.807) is 17.9 Å². The average Bonchev–Trinajstić information content (AvgIpc) is 3.30. The van der Waals surface area contributed by atoms with Crippen molar-refractivity contribution in [1.29, 1.82) is 0 Å². The first kappa shape index (κ1) is 24.6. The molecule has 0 unspecified atom stereocenters. The SMILES string of the molecule is COc1ccccc1N=c1scc(-c2ccc(Cl)cc2Cl)n1/N=C\c1ccc(N2CCOCC2)cc1. The van der Waals surface area contributed by atoms with Crippen LogP contribution in [0.4, 0.5) is 11.4 Å². The molecule has 1 aliphatic heterocycles. The second kappa shape index (κ2) is 11.3. The van der Waals surface area contributed by atoms with Crippen molar-refractivity contribution in [3.8, 4) is 17.0 Å². The van der Waals surface area contributed by atoms with Gasteiger partial charge in [-0.05, 0) is 48.0 Å². The van der Waals surface area contributed by atoms with Crippen LogP contribution in [0.1, 0.15) is 5.56 Å². The van der Waals surface area contributed by atoms with Crippen LogP contribution >= 0.6 is 34.5 Å². The van der Waals surface area contributed by atoms with Crippen LogP contribution in [0.15, 0.2) is 82.2 Å². The van der Waals surface area contributed by atoms with Gasteiger partial charge in [0.15, 0.2) is 0 Å². The first-order valence-electron chi connectivity index (χ1n) is 11.4. The van der Waals surface area contributed by atoms with E-state index in [-0.39, 0.29) is 0 Å². The summed E-state index contributed by atoms with van der Waals surface area (Å²) in [6, 6.07) is 21.4. The number of hydrogen-bond acceptors (Lipinski definition) is 6. The van der Waals surface area contributed by atoms with Crippen LogP contribution in [0.5, 0.6) is 5.75 Å². The molecule has 0 saturated carbocycles. The van der Waals surface area contributed by atoms with Crippen molar-refractivity contribution < 1.29 is 9.47 Å². The predicted molar refractivity (Wildman–Crippen MR) is 148 cm³/mol. The van der Waals surface area contributed by atoms with E-state index < -0.39 is 0 Å². The monoisotopic (exact) mass is 538 g/mol. The molecule has 1 aromatic heterocycles.